The molecule has 0 heterocycles. The maximum Gasteiger partial charge on any atom is 0.292 e. The number of nitrogens with one attached hydrogen (secondary N) is 1. The molecule has 4 nitrogen and oxygen atoms in total. The number of halogens is 2. The second kappa shape index (κ2) is 5.12. The molecule has 0 bridgehead atoms. The zero-order chi connectivity index (χ0) is 15.0. The number of rotatable bonds is 3. The van der Waals surface area contributed by atoms with Gasteiger partial charge in [-0.25, -0.2) is 8.78 Å². The van der Waals surface area contributed by atoms with E-state index in [2.05, 4.69) is 5.32 Å². The predicted octanol–water partition coefficient (Wildman–Crippen LogP) is 3.97. The van der Waals surface area contributed by atoms with Crippen LogP contribution in [0.25, 0.3) is 0 Å². The summed E-state index contributed by atoms with van der Waals surface area (Å²) in [5, 5.41) is 14.0. The summed E-state index contributed by atoms with van der Waals surface area (Å²) in [5.74, 6) is -0.841. The molecule has 1 aliphatic rings. The normalized spacial score (nSPS) is 16.6. The van der Waals surface area contributed by atoms with E-state index in [4.69, 9.17) is 0 Å². The van der Waals surface area contributed by atoms with Crippen molar-refractivity contribution >= 4 is 11.4 Å². The van der Waals surface area contributed by atoms with Gasteiger partial charge in [-0.15, -0.1) is 0 Å². The molecule has 3 rings (SSSR count). The van der Waals surface area contributed by atoms with Crippen molar-refractivity contribution in [2.24, 2.45) is 0 Å². The number of nitro groups is 1. The molecule has 1 aliphatic carbocycles. The molecule has 0 fully saturated rings. The quantitative estimate of drug-likeness (QED) is 0.687. The van der Waals surface area contributed by atoms with E-state index in [0.29, 0.717) is 12.8 Å². The van der Waals surface area contributed by atoms with Gasteiger partial charge in [-0.3, -0.25) is 10.1 Å². The molecule has 0 spiro atoms. The third-order valence-corrected chi connectivity index (χ3v) is 3.67. The lowest BCUT2D eigenvalue weighted by molar-refractivity contribution is -0.384. The van der Waals surface area contributed by atoms with Crippen LogP contribution < -0.4 is 5.32 Å². The van der Waals surface area contributed by atoms with Crippen molar-refractivity contribution in [1.29, 1.82) is 0 Å². The molecule has 0 aliphatic heterocycles. The first-order valence-electron chi connectivity index (χ1n) is 6.53. The Bertz CT molecular complexity index is 719. The highest BCUT2D eigenvalue weighted by Gasteiger charge is 2.25. The second-order valence-corrected chi connectivity index (χ2v) is 5.00. The highest BCUT2D eigenvalue weighted by molar-refractivity contribution is 5.63. The first kappa shape index (κ1) is 13.5. The van der Waals surface area contributed by atoms with Crippen molar-refractivity contribution in [3.63, 3.8) is 0 Å². The first-order valence-corrected chi connectivity index (χ1v) is 6.53. The van der Waals surface area contributed by atoms with Crippen molar-refractivity contribution < 1.29 is 13.7 Å². The Morgan fingerprint density at radius 1 is 1.14 bits per heavy atom. The summed E-state index contributed by atoms with van der Waals surface area (Å²) >= 11 is 0. The van der Waals surface area contributed by atoms with E-state index in [0.717, 1.165) is 29.3 Å². The second-order valence-electron chi connectivity index (χ2n) is 5.00. The minimum atomic E-state index is -0.553. The van der Waals surface area contributed by atoms with E-state index < -0.39 is 10.7 Å². The van der Waals surface area contributed by atoms with E-state index >= 15 is 0 Å². The fourth-order valence-corrected chi connectivity index (χ4v) is 2.71. The van der Waals surface area contributed by atoms with Crippen molar-refractivity contribution in [2.75, 3.05) is 5.32 Å². The van der Waals surface area contributed by atoms with E-state index in [1.54, 1.807) is 6.07 Å². The van der Waals surface area contributed by atoms with Crippen LogP contribution in [0.2, 0.25) is 0 Å². The summed E-state index contributed by atoms with van der Waals surface area (Å²) in [6.45, 7) is 0. The number of nitrogens with zero attached hydrogens (tertiary/aromatic N) is 1. The van der Waals surface area contributed by atoms with Gasteiger partial charge >= 0.3 is 0 Å². The minimum absolute atomic E-state index is 0.141. The molecule has 0 aromatic heterocycles. The average molecular weight is 290 g/mol. The smallest absolute Gasteiger partial charge is 0.292 e. The molecule has 2 aromatic carbocycles. The SMILES string of the molecule is O=[N+]([O-])c1ccc(F)cc1NC1CCc2cc(F)ccc21. The van der Waals surface area contributed by atoms with Crippen LogP contribution >= 0.6 is 0 Å². The Labute approximate surface area is 119 Å². The van der Waals surface area contributed by atoms with Crippen molar-refractivity contribution in [3.8, 4) is 0 Å². The summed E-state index contributed by atoms with van der Waals surface area (Å²) in [7, 11) is 0. The van der Waals surface area contributed by atoms with E-state index in [1.807, 2.05) is 0 Å². The third-order valence-electron chi connectivity index (χ3n) is 3.67. The van der Waals surface area contributed by atoms with Crippen LogP contribution in [0.5, 0.6) is 0 Å². The van der Waals surface area contributed by atoms with Crippen LogP contribution in [0.1, 0.15) is 23.6 Å². The van der Waals surface area contributed by atoms with Crippen LogP contribution in [0, 0.1) is 21.7 Å². The van der Waals surface area contributed by atoms with Gasteiger partial charge in [-0.05, 0) is 42.2 Å². The lowest BCUT2D eigenvalue weighted by atomic mass is 10.1. The topological polar surface area (TPSA) is 55.2 Å². The average Bonchev–Trinajstić information content (AvgIpc) is 2.81. The standard InChI is InChI=1S/C15H12F2N2O2/c16-10-2-4-12-9(7-10)1-5-13(12)18-14-8-11(17)3-6-15(14)19(20)21/h2-4,6-8,13,18H,1,5H2. The zero-order valence-corrected chi connectivity index (χ0v) is 11.0. The minimum Gasteiger partial charge on any atom is -0.373 e. The monoisotopic (exact) mass is 290 g/mol. The molecule has 1 N–H and O–H groups in total. The summed E-state index contributed by atoms with van der Waals surface area (Å²) in [4.78, 5) is 10.4. The Hall–Kier alpha value is -2.50. The van der Waals surface area contributed by atoms with Crippen molar-refractivity contribution in [3.05, 3.63) is 69.3 Å². The van der Waals surface area contributed by atoms with E-state index in [9.17, 15) is 18.9 Å². The molecule has 6 heteroatoms. The predicted molar refractivity (Wildman–Crippen MR) is 74.1 cm³/mol. The maximum atomic E-state index is 13.3. The van der Waals surface area contributed by atoms with E-state index in [-0.39, 0.29) is 23.2 Å². The Kier molecular flexibility index (Phi) is 3.29. The number of benzene rings is 2. The van der Waals surface area contributed by atoms with Gasteiger partial charge in [-0.2, -0.15) is 0 Å². The van der Waals surface area contributed by atoms with Gasteiger partial charge in [0.25, 0.3) is 5.69 Å². The molecule has 1 unspecified atom stereocenters. The van der Waals surface area contributed by atoms with Gasteiger partial charge in [0, 0.05) is 12.1 Å². The Balaban J connectivity index is 1.93. The van der Waals surface area contributed by atoms with Crippen molar-refractivity contribution in [2.45, 2.75) is 18.9 Å². The van der Waals surface area contributed by atoms with E-state index in [1.165, 1.54) is 12.1 Å². The number of aryl methyl sites for hydroxylation is 1. The summed E-state index contributed by atoms with van der Waals surface area (Å²) in [6, 6.07) is 7.62. The fourth-order valence-electron chi connectivity index (χ4n) is 2.71. The lowest BCUT2D eigenvalue weighted by Gasteiger charge is -2.15. The molecule has 0 radical (unpaired) electrons. The molecule has 2 aromatic rings. The van der Waals surface area contributed by atoms with Gasteiger partial charge in [0.1, 0.15) is 17.3 Å². The van der Waals surface area contributed by atoms with Crippen molar-refractivity contribution in [1.82, 2.24) is 0 Å². The molecule has 0 amide bonds. The Morgan fingerprint density at radius 3 is 2.62 bits per heavy atom. The van der Waals surface area contributed by atoms with Crippen LogP contribution in [0.4, 0.5) is 20.2 Å². The van der Waals surface area contributed by atoms with Crippen LogP contribution in [0.3, 0.4) is 0 Å². The molecule has 108 valence electrons. The maximum absolute atomic E-state index is 13.3. The van der Waals surface area contributed by atoms with Crippen LogP contribution in [0.15, 0.2) is 36.4 Å². The van der Waals surface area contributed by atoms with Gasteiger partial charge in [0.15, 0.2) is 0 Å². The largest absolute Gasteiger partial charge is 0.373 e. The number of fused-ring (bicyclic) bond motifs is 1. The number of hydrogen-bond acceptors (Lipinski definition) is 3. The molecule has 1 atom stereocenters. The number of hydrogen-bond donors (Lipinski definition) is 1. The highest BCUT2D eigenvalue weighted by Crippen LogP contribution is 2.36. The molecular weight excluding hydrogens is 278 g/mol. The van der Waals surface area contributed by atoms with Gasteiger partial charge in [0.05, 0.1) is 11.0 Å². The summed E-state index contributed by atoms with van der Waals surface area (Å²) in [5.41, 5.74) is 1.75. The first-order chi connectivity index (χ1) is 10.0. The number of anilines is 1. The number of nitro benzene ring substituents is 1. The zero-order valence-electron chi connectivity index (χ0n) is 11.0. The van der Waals surface area contributed by atoms with Gasteiger partial charge in [0.2, 0.25) is 0 Å². The van der Waals surface area contributed by atoms with Crippen LogP contribution in [-0.2, 0) is 6.42 Å². The fraction of sp³-hybridized carbons (Fsp3) is 0.200. The Morgan fingerprint density at radius 2 is 1.86 bits per heavy atom. The van der Waals surface area contributed by atoms with Gasteiger partial charge < -0.3 is 5.32 Å². The van der Waals surface area contributed by atoms with Gasteiger partial charge in [-0.1, -0.05) is 6.07 Å². The molecule has 0 saturated carbocycles. The molecule has 0 saturated heterocycles. The summed E-state index contributed by atoms with van der Waals surface area (Å²) < 4.78 is 26.5. The van der Waals surface area contributed by atoms with Crippen LogP contribution in [-0.4, -0.2) is 4.92 Å². The highest BCUT2D eigenvalue weighted by atomic mass is 19.1. The summed E-state index contributed by atoms with van der Waals surface area (Å²) in [6.07, 6.45) is 1.38. The third kappa shape index (κ3) is 2.56. The molecular formula is C15H12F2N2O2. The molecule has 21 heavy (non-hydrogen) atoms. The lowest BCUT2D eigenvalue weighted by Crippen LogP contribution is -2.09.